The first-order valence-electron chi connectivity index (χ1n) is 6.30. The summed E-state index contributed by atoms with van der Waals surface area (Å²) in [6.07, 6.45) is -5.68. The molecule has 124 valence electrons. The highest BCUT2D eigenvalue weighted by molar-refractivity contribution is 6.13. The second-order valence-electron chi connectivity index (χ2n) is 4.69. The maximum atomic E-state index is 13.0. The van der Waals surface area contributed by atoms with Gasteiger partial charge in [-0.05, 0) is 0 Å². The number of nitrogens with zero attached hydrogens (tertiary/aromatic N) is 2. The van der Waals surface area contributed by atoms with Crippen molar-refractivity contribution in [2.45, 2.75) is 31.5 Å². The van der Waals surface area contributed by atoms with Crippen LogP contribution in [0.3, 0.4) is 0 Å². The fraction of sp³-hybridized carbons (Fsp3) is 0.417. The van der Waals surface area contributed by atoms with E-state index < -0.39 is 48.2 Å². The summed E-state index contributed by atoms with van der Waals surface area (Å²) in [6, 6.07) is -2.75. The molecular formula is C12H9F3N2O6. The van der Waals surface area contributed by atoms with Crippen LogP contribution in [0.2, 0.25) is 0 Å². The van der Waals surface area contributed by atoms with Crippen molar-refractivity contribution in [2.75, 3.05) is 0 Å². The van der Waals surface area contributed by atoms with Gasteiger partial charge in [-0.2, -0.15) is 13.2 Å². The summed E-state index contributed by atoms with van der Waals surface area (Å²) in [4.78, 5) is 60.9. The van der Waals surface area contributed by atoms with Crippen LogP contribution in [0.1, 0.15) is 19.3 Å². The molecule has 2 rings (SSSR count). The molecule has 0 radical (unpaired) electrons. The lowest BCUT2D eigenvalue weighted by molar-refractivity contribution is -0.209. The SMILES string of the molecule is O=C(CC(N1C(=O)C=CC1=O)C(F)(F)F)ON1C(=O)CCC1=O. The van der Waals surface area contributed by atoms with E-state index in [-0.39, 0.29) is 22.8 Å². The fourth-order valence-electron chi connectivity index (χ4n) is 2.03. The van der Waals surface area contributed by atoms with Gasteiger partial charge in [0, 0.05) is 25.0 Å². The van der Waals surface area contributed by atoms with E-state index in [1.807, 2.05) is 0 Å². The molecule has 2 aliphatic heterocycles. The Balaban J connectivity index is 2.11. The Bertz CT molecular complexity index is 593. The summed E-state index contributed by atoms with van der Waals surface area (Å²) in [6.45, 7) is 0. The molecule has 2 aliphatic rings. The van der Waals surface area contributed by atoms with Crippen LogP contribution in [0.15, 0.2) is 12.2 Å². The molecule has 0 saturated carbocycles. The molecule has 0 spiro atoms. The normalized spacial score (nSPS) is 19.8. The van der Waals surface area contributed by atoms with Crippen LogP contribution in [0.4, 0.5) is 13.2 Å². The number of carbonyl (C=O) groups is 5. The second-order valence-corrected chi connectivity index (χ2v) is 4.69. The third-order valence-electron chi connectivity index (χ3n) is 3.09. The third kappa shape index (κ3) is 3.38. The van der Waals surface area contributed by atoms with E-state index in [0.29, 0.717) is 12.2 Å². The van der Waals surface area contributed by atoms with E-state index in [9.17, 15) is 37.1 Å². The Labute approximate surface area is 126 Å². The first kappa shape index (κ1) is 16.6. The number of amides is 4. The van der Waals surface area contributed by atoms with Gasteiger partial charge in [0.1, 0.15) is 6.04 Å². The Hall–Kier alpha value is -2.72. The monoisotopic (exact) mass is 334 g/mol. The highest BCUT2D eigenvalue weighted by Crippen LogP contribution is 2.30. The summed E-state index contributed by atoms with van der Waals surface area (Å²) in [5.41, 5.74) is 0. The molecule has 1 fully saturated rings. The number of halogens is 3. The summed E-state index contributed by atoms with van der Waals surface area (Å²) >= 11 is 0. The Kier molecular flexibility index (Phi) is 4.21. The predicted octanol–water partition coefficient (Wildman–Crippen LogP) is -0.160. The molecule has 2 heterocycles. The number of imide groups is 2. The van der Waals surface area contributed by atoms with E-state index in [2.05, 4.69) is 4.84 Å². The largest absolute Gasteiger partial charge is 0.409 e. The smallest absolute Gasteiger partial charge is 0.330 e. The minimum atomic E-state index is -5.09. The first-order chi connectivity index (χ1) is 10.6. The van der Waals surface area contributed by atoms with Gasteiger partial charge in [-0.1, -0.05) is 0 Å². The standard InChI is InChI=1S/C12H9F3N2O6/c13-12(14,15)6(16-7(18)1-2-8(16)19)5-11(22)23-17-9(20)3-4-10(17)21/h1-2,6H,3-5H2. The molecule has 0 aromatic heterocycles. The molecule has 23 heavy (non-hydrogen) atoms. The molecule has 0 aliphatic carbocycles. The molecule has 11 heteroatoms. The van der Waals surface area contributed by atoms with Gasteiger partial charge in [0.15, 0.2) is 0 Å². The maximum Gasteiger partial charge on any atom is 0.409 e. The summed E-state index contributed by atoms with van der Waals surface area (Å²) in [5.74, 6) is -5.73. The molecule has 8 nitrogen and oxygen atoms in total. The van der Waals surface area contributed by atoms with Crippen molar-refractivity contribution >= 4 is 29.6 Å². The molecule has 0 aromatic carbocycles. The van der Waals surface area contributed by atoms with Gasteiger partial charge in [0.05, 0.1) is 6.42 Å². The molecule has 4 amide bonds. The average molecular weight is 334 g/mol. The minimum absolute atomic E-state index is 0.0850. The van der Waals surface area contributed by atoms with Crippen LogP contribution in [-0.4, -0.2) is 51.8 Å². The number of hydrogen-bond acceptors (Lipinski definition) is 6. The second kappa shape index (κ2) is 5.82. The molecule has 1 saturated heterocycles. The van der Waals surface area contributed by atoms with Gasteiger partial charge in [-0.3, -0.25) is 24.1 Å². The van der Waals surface area contributed by atoms with Gasteiger partial charge in [0.25, 0.3) is 23.6 Å². The van der Waals surface area contributed by atoms with Crippen LogP contribution in [0.25, 0.3) is 0 Å². The molecule has 0 aromatic rings. The van der Waals surface area contributed by atoms with E-state index in [0.717, 1.165) is 0 Å². The lowest BCUT2D eigenvalue weighted by Gasteiger charge is -2.27. The molecule has 1 unspecified atom stereocenters. The van der Waals surface area contributed by atoms with Crippen molar-refractivity contribution in [1.82, 2.24) is 9.96 Å². The zero-order valence-corrected chi connectivity index (χ0v) is 11.3. The number of hydrogen-bond donors (Lipinski definition) is 0. The van der Waals surface area contributed by atoms with E-state index >= 15 is 0 Å². The van der Waals surface area contributed by atoms with Gasteiger partial charge in [-0.25, -0.2) is 4.79 Å². The molecule has 0 N–H and O–H groups in total. The topological polar surface area (TPSA) is 101 Å². The Morgan fingerprint density at radius 1 is 1.09 bits per heavy atom. The number of alkyl halides is 3. The van der Waals surface area contributed by atoms with Crippen molar-refractivity contribution in [3.8, 4) is 0 Å². The summed E-state index contributed by atoms with van der Waals surface area (Å²) in [7, 11) is 0. The van der Waals surface area contributed by atoms with Crippen molar-refractivity contribution in [3.63, 3.8) is 0 Å². The summed E-state index contributed by atoms with van der Waals surface area (Å²) in [5, 5.41) is 0.0850. The van der Waals surface area contributed by atoms with Crippen molar-refractivity contribution < 1.29 is 42.0 Å². The number of rotatable bonds is 4. The van der Waals surface area contributed by atoms with Crippen LogP contribution >= 0.6 is 0 Å². The zero-order valence-electron chi connectivity index (χ0n) is 11.3. The predicted molar refractivity (Wildman–Crippen MR) is 62.6 cm³/mol. The third-order valence-corrected chi connectivity index (χ3v) is 3.09. The van der Waals surface area contributed by atoms with Crippen molar-refractivity contribution in [1.29, 1.82) is 0 Å². The van der Waals surface area contributed by atoms with Gasteiger partial charge < -0.3 is 4.84 Å². The number of carbonyl (C=O) groups excluding carboxylic acids is 5. The fourth-order valence-corrected chi connectivity index (χ4v) is 2.03. The minimum Gasteiger partial charge on any atom is -0.330 e. The van der Waals surface area contributed by atoms with E-state index in [4.69, 9.17) is 0 Å². The van der Waals surface area contributed by atoms with E-state index in [1.54, 1.807) is 0 Å². The number of hydroxylamine groups is 2. The van der Waals surface area contributed by atoms with Gasteiger partial charge >= 0.3 is 12.1 Å². The van der Waals surface area contributed by atoms with Gasteiger partial charge in [0.2, 0.25) is 0 Å². The Morgan fingerprint density at radius 3 is 2.00 bits per heavy atom. The lowest BCUT2D eigenvalue weighted by atomic mass is 10.1. The van der Waals surface area contributed by atoms with Crippen LogP contribution < -0.4 is 0 Å². The first-order valence-corrected chi connectivity index (χ1v) is 6.30. The van der Waals surface area contributed by atoms with Crippen LogP contribution in [0, 0.1) is 0 Å². The Morgan fingerprint density at radius 2 is 1.57 bits per heavy atom. The molecular weight excluding hydrogens is 325 g/mol. The summed E-state index contributed by atoms with van der Waals surface area (Å²) < 4.78 is 39.1. The van der Waals surface area contributed by atoms with Crippen LogP contribution in [-0.2, 0) is 28.8 Å². The van der Waals surface area contributed by atoms with E-state index in [1.165, 1.54) is 0 Å². The quantitative estimate of drug-likeness (QED) is 0.662. The van der Waals surface area contributed by atoms with Crippen molar-refractivity contribution in [3.05, 3.63) is 12.2 Å². The van der Waals surface area contributed by atoms with Crippen molar-refractivity contribution in [2.24, 2.45) is 0 Å². The van der Waals surface area contributed by atoms with Gasteiger partial charge in [-0.15, -0.1) is 5.06 Å². The zero-order chi connectivity index (χ0) is 17.4. The highest BCUT2D eigenvalue weighted by atomic mass is 19.4. The maximum absolute atomic E-state index is 13.0. The van der Waals surface area contributed by atoms with Crippen LogP contribution in [0.5, 0.6) is 0 Å². The molecule has 1 atom stereocenters. The lowest BCUT2D eigenvalue weighted by Crippen LogP contribution is -2.50. The average Bonchev–Trinajstić information content (AvgIpc) is 2.92. The highest BCUT2D eigenvalue weighted by Gasteiger charge is 2.50. The molecule has 0 bridgehead atoms.